The summed E-state index contributed by atoms with van der Waals surface area (Å²) in [7, 11) is 0. The molecule has 1 aromatic carbocycles. The Labute approximate surface area is 137 Å². The molecule has 0 radical (unpaired) electrons. The van der Waals surface area contributed by atoms with Crippen LogP contribution in [0.5, 0.6) is 5.75 Å². The van der Waals surface area contributed by atoms with Gasteiger partial charge in [0.05, 0.1) is 16.8 Å². The number of nitrogens with zero attached hydrogens (tertiary/aromatic N) is 1. The molecule has 0 atom stereocenters. The van der Waals surface area contributed by atoms with Crippen molar-refractivity contribution in [2.24, 2.45) is 0 Å². The fourth-order valence-corrected chi connectivity index (χ4v) is 3.99. The van der Waals surface area contributed by atoms with E-state index in [1.807, 2.05) is 6.07 Å². The molecule has 0 saturated heterocycles. The smallest absolute Gasteiger partial charge is 0.184 e. The molecule has 4 heteroatoms. The van der Waals surface area contributed by atoms with Gasteiger partial charge >= 0.3 is 0 Å². The molecule has 1 fully saturated rings. The largest absolute Gasteiger partial charge is 0.494 e. The van der Waals surface area contributed by atoms with Gasteiger partial charge in [-0.3, -0.25) is 0 Å². The number of thiazole rings is 1. The normalized spacial score (nSPS) is 16.0. The summed E-state index contributed by atoms with van der Waals surface area (Å²) in [5, 5.41) is 4.68. The number of benzene rings is 1. The molecule has 120 valence electrons. The number of fused-ring (bicyclic) bond motifs is 1. The number of anilines is 1. The lowest BCUT2D eigenvalue weighted by atomic mass is 9.96. The Balaban J connectivity index is 1.62. The molecule has 0 bridgehead atoms. The fourth-order valence-electron chi connectivity index (χ4n) is 3.02. The number of rotatable bonds is 7. The maximum absolute atomic E-state index is 5.83. The van der Waals surface area contributed by atoms with Crippen molar-refractivity contribution in [2.45, 2.75) is 64.3 Å². The number of unbranched alkanes of at least 4 members (excludes halogenated alkanes) is 2. The number of nitrogens with one attached hydrogen (secondary N) is 1. The lowest BCUT2D eigenvalue weighted by molar-refractivity contribution is 0.306. The zero-order valence-electron chi connectivity index (χ0n) is 13.4. The summed E-state index contributed by atoms with van der Waals surface area (Å²) in [4.78, 5) is 4.71. The number of hydrogen-bond acceptors (Lipinski definition) is 4. The van der Waals surface area contributed by atoms with E-state index in [0.717, 1.165) is 29.4 Å². The first-order valence-electron chi connectivity index (χ1n) is 8.65. The molecule has 1 aliphatic rings. The molecule has 1 heterocycles. The SMILES string of the molecule is CCCCCOc1ccc2nc(NC3CCCCC3)sc2c1. The Hall–Kier alpha value is -1.29. The van der Waals surface area contributed by atoms with Crippen LogP contribution >= 0.6 is 11.3 Å². The van der Waals surface area contributed by atoms with Gasteiger partial charge in [0, 0.05) is 6.04 Å². The van der Waals surface area contributed by atoms with Crippen LogP contribution in [-0.2, 0) is 0 Å². The lowest BCUT2D eigenvalue weighted by Gasteiger charge is -2.22. The van der Waals surface area contributed by atoms with Crippen LogP contribution in [0.1, 0.15) is 58.3 Å². The van der Waals surface area contributed by atoms with Gasteiger partial charge in [-0.15, -0.1) is 0 Å². The van der Waals surface area contributed by atoms with Gasteiger partial charge in [0.1, 0.15) is 5.75 Å². The first-order chi connectivity index (χ1) is 10.8. The van der Waals surface area contributed by atoms with E-state index in [1.165, 1.54) is 49.6 Å². The van der Waals surface area contributed by atoms with Crippen molar-refractivity contribution in [2.75, 3.05) is 11.9 Å². The zero-order chi connectivity index (χ0) is 15.2. The highest BCUT2D eigenvalue weighted by Gasteiger charge is 2.15. The van der Waals surface area contributed by atoms with E-state index < -0.39 is 0 Å². The third-order valence-corrected chi connectivity index (χ3v) is 5.26. The summed E-state index contributed by atoms with van der Waals surface area (Å²) in [5.74, 6) is 0.969. The van der Waals surface area contributed by atoms with E-state index in [-0.39, 0.29) is 0 Å². The molecule has 1 saturated carbocycles. The number of ether oxygens (including phenoxy) is 1. The number of aromatic nitrogens is 1. The highest BCUT2D eigenvalue weighted by Crippen LogP contribution is 2.31. The van der Waals surface area contributed by atoms with Crippen LogP contribution in [0, 0.1) is 0 Å². The highest BCUT2D eigenvalue weighted by molar-refractivity contribution is 7.22. The second-order valence-corrected chi connectivity index (χ2v) is 7.21. The van der Waals surface area contributed by atoms with Crippen molar-refractivity contribution in [1.29, 1.82) is 0 Å². The maximum Gasteiger partial charge on any atom is 0.184 e. The third-order valence-electron chi connectivity index (χ3n) is 4.31. The highest BCUT2D eigenvalue weighted by atomic mass is 32.1. The van der Waals surface area contributed by atoms with Crippen LogP contribution in [0.15, 0.2) is 18.2 Å². The van der Waals surface area contributed by atoms with Crippen LogP contribution in [0.25, 0.3) is 10.2 Å². The van der Waals surface area contributed by atoms with Gasteiger partial charge in [0.25, 0.3) is 0 Å². The summed E-state index contributed by atoms with van der Waals surface area (Å²) in [6.45, 7) is 3.02. The van der Waals surface area contributed by atoms with Crippen molar-refractivity contribution in [3.05, 3.63) is 18.2 Å². The minimum Gasteiger partial charge on any atom is -0.494 e. The van der Waals surface area contributed by atoms with E-state index in [0.29, 0.717) is 6.04 Å². The molecule has 3 nitrogen and oxygen atoms in total. The summed E-state index contributed by atoms with van der Waals surface area (Å²) in [6, 6.07) is 6.86. The molecule has 22 heavy (non-hydrogen) atoms. The fraction of sp³-hybridized carbons (Fsp3) is 0.611. The first-order valence-corrected chi connectivity index (χ1v) is 9.47. The van der Waals surface area contributed by atoms with Crippen LogP contribution in [0.3, 0.4) is 0 Å². The van der Waals surface area contributed by atoms with E-state index in [2.05, 4.69) is 24.4 Å². The van der Waals surface area contributed by atoms with Gasteiger partial charge in [-0.2, -0.15) is 0 Å². The van der Waals surface area contributed by atoms with Gasteiger partial charge in [0.2, 0.25) is 0 Å². The molecule has 1 N–H and O–H groups in total. The van der Waals surface area contributed by atoms with E-state index in [9.17, 15) is 0 Å². The lowest BCUT2D eigenvalue weighted by Crippen LogP contribution is -2.21. The Bertz CT molecular complexity index is 590. The van der Waals surface area contributed by atoms with Gasteiger partial charge in [-0.05, 0) is 37.5 Å². The minimum absolute atomic E-state index is 0.610. The predicted molar refractivity (Wildman–Crippen MR) is 95.1 cm³/mol. The van der Waals surface area contributed by atoms with Crippen LogP contribution < -0.4 is 10.1 Å². The molecule has 0 aliphatic heterocycles. The van der Waals surface area contributed by atoms with Crippen LogP contribution in [0.4, 0.5) is 5.13 Å². The monoisotopic (exact) mass is 318 g/mol. The standard InChI is InChI=1S/C18H26N2OS/c1-2-3-7-12-21-15-10-11-16-17(13-15)22-18(20-16)19-14-8-5-4-6-9-14/h10-11,13-14H,2-9,12H2,1H3,(H,19,20). The molecule has 1 aliphatic carbocycles. The molecule has 0 amide bonds. The van der Waals surface area contributed by atoms with E-state index in [4.69, 9.17) is 9.72 Å². The molecule has 0 unspecified atom stereocenters. The maximum atomic E-state index is 5.83. The van der Waals surface area contributed by atoms with Gasteiger partial charge in [0.15, 0.2) is 5.13 Å². The summed E-state index contributed by atoms with van der Waals surface area (Å²) in [6.07, 6.45) is 10.2. The summed E-state index contributed by atoms with van der Waals surface area (Å²) < 4.78 is 7.05. The Morgan fingerprint density at radius 2 is 2.09 bits per heavy atom. The summed E-state index contributed by atoms with van der Waals surface area (Å²) >= 11 is 1.75. The topological polar surface area (TPSA) is 34.1 Å². The molecule has 2 aromatic rings. The van der Waals surface area contributed by atoms with Crippen LogP contribution in [0.2, 0.25) is 0 Å². The first kappa shape index (κ1) is 15.6. The van der Waals surface area contributed by atoms with Crippen molar-refractivity contribution < 1.29 is 4.74 Å². The van der Waals surface area contributed by atoms with Crippen molar-refractivity contribution in [3.8, 4) is 5.75 Å². The van der Waals surface area contributed by atoms with Crippen molar-refractivity contribution in [1.82, 2.24) is 4.98 Å². The Kier molecular flexibility index (Phi) is 5.54. The quantitative estimate of drug-likeness (QED) is 0.674. The van der Waals surface area contributed by atoms with E-state index in [1.54, 1.807) is 11.3 Å². The minimum atomic E-state index is 0.610. The average Bonchev–Trinajstić information content (AvgIpc) is 2.94. The molecule has 0 spiro atoms. The Morgan fingerprint density at radius 3 is 2.91 bits per heavy atom. The van der Waals surface area contributed by atoms with Gasteiger partial charge in [-0.1, -0.05) is 50.4 Å². The third kappa shape index (κ3) is 4.13. The molecule has 1 aromatic heterocycles. The Morgan fingerprint density at radius 1 is 1.23 bits per heavy atom. The average molecular weight is 318 g/mol. The van der Waals surface area contributed by atoms with Crippen LogP contribution in [-0.4, -0.2) is 17.6 Å². The molecular weight excluding hydrogens is 292 g/mol. The summed E-state index contributed by atoms with van der Waals surface area (Å²) in [5.41, 5.74) is 1.07. The predicted octanol–water partition coefficient (Wildman–Crippen LogP) is 5.61. The van der Waals surface area contributed by atoms with Gasteiger partial charge in [-0.25, -0.2) is 4.98 Å². The van der Waals surface area contributed by atoms with Gasteiger partial charge < -0.3 is 10.1 Å². The van der Waals surface area contributed by atoms with Crippen molar-refractivity contribution in [3.63, 3.8) is 0 Å². The second kappa shape index (κ2) is 7.82. The number of hydrogen-bond donors (Lipinski definition) is 1. The molecule has 3 rings (SSSR count). The zero-order valence-corrected chi connectivity index (χ0v) is 14.3. The molecular formula is C18H26N2OS. The van der Waals surface area contributed by atoms with Crippen molar-refractivity contribution >= 4 is 26.7 Å². The second-order valence-electron chi connectivity index (χ2n) is 6.18. The van der Waals surface area contributed by atoms with E-state index >= 15 is 0 Å².